The van der Waals surface area contributed by atoms with E-state index >= 15 is 0 Å². The van der Waals surface area contributed by atoms with Crippen molar-refractivity contribution >= 4 is 11.8 Å². The van der Waals surface area contributed by atoms with Gasteiger partial charge < -0.3 is 0 Å². The first-order valence-corrected chi connectivity index (χ1v) is 7.83. The van der Waals surface area contributed by atoms with Gasteiger partial charge in [0.25, 0.3) is 0 Å². The molecule has 0 bridgehead atoms. The first-order valence-electron chi connectivity index (χ1n) is 6.95. The van der Waals surface area contributed by atoms with E-state index in [1.165, 1.54) is 30.6 Å². The summed E-state index contributed by atoms with van der Waals surface area (Å²) in [6.45, 7) is 7.14. The van der Waals surface area contributed by atoms with Crippen molar-refractivity contribution in [2.45, 2.75) is 51.3 Å². The van der Waals surface area contributed by atoms with Crippen molar-refractivity contribution in [3.8, 4) is 0 Å². The van der Waals surface area contributed by atoms with Crippen LogP contribution in [0.1, 0.15) is 46.5 Å². The molecule has 0 radical (unpaired) electrons. The van der Waals surface area contributed by atoms with E-state index in [-0.39, 0.29) is 0 Å². The van der Waals surface area contributed by atoms with Gasteiger partial charge in [-0.25, -0.2) is 0 Å². The topological polar surface area (TPSA) is 0 Å². The average molecular weight is 260 g/mol. The summed E-state index contributed by atoms with van der Waals surface area (Å²) < 4.78 is 0. The van der Waals surface area contributed by atoms with Gasteiger partial charge in [0.2, 0.25) is 0 Å². The Morgan fingerprint density at radius 1 is 1.06 bits per heavy atom. The molecule has 0 atom stereocenters. The van der Waals surface area contributed by atoms with Crippen LogP contribution < -0.4 is 0 Å². The number of hydrogen-bond acceptors (Lipinski definition) is 1. The zero-order valence-corrected chi connectivity index (χ0v) is 12.6. The number of hydrogen-bond donors (Lipinski definition) is 0. The second-order valence-corrected chi connectivity index (χ2v) is 7.29. The predicted octanol–water partition coefficient (Wildman–Crippen LogP) is 5.90. The second kappa shape index (κ2) is 5.97. The van der Waals surface area contributed by atoms with Crippen LogP contribution in [0.25, 0.3) is 0 Å². The fourth-order valence-electron chi connectivity index (χ4n) is 2.62. The van der Waals surface area contributed by atoms with Crippen molar-refractivity contribution in [2.24, 2.45) is 11.3 Å². The summed E-state index contributed by atoms with van der Waals surface area (Å²) in [5.74, 6) is 0.899. The Balaban J connectivity index is 1.86. The van der Waals surface area contributed by atoms with E-state index < -0.39 is 0 Å². The number of benzene rings is 1. The Labute approximate surface area is 116 Å². The molecule has 0 nitrogen and oxygen atoms in total. The van der Waals surface area contributed by atoms with Crippen molar-refractivity contribution in [2.75, 3.05) is 0 Å². The van der Waals surface area contributed by atoms with Crippen LogP contribution >= 0.6 is 11.8 Å². The molecule has 0 heterocycles. The summed E-state index contributed by atoms with van der Waals surface area (Å²) in [6.07, 6.45) is 5.32. The zero-order chi connectivity index (χ0) is 13.0. The van der Waals surface area contributed by atoms with Crippen LogP contribution in [0, 0.1) is 11.3 Å². The number of allylic oxidation sites excluding steroid dienone is 1. The van der Waals surface area contributed by atoms with Crippen molar-refractivity contribution in [1.29, 1.82) is 0 Å². The van der Waals surface area contributed by atoms with Gasteiger partial charge in [0.15, 0.2) is 0 Å². The first kappa shape index (κ1) is 13.7. The Morgan fingerprint density at radius 2 is 1.67 bits per heavy atom. The molecule has 0 aromatic heterocycles. The second-order valence-electron chi connectivity index (χ2n) is 6.35. The molecule has 1 aliphatic carbocycles. The third kappa shape index (κ3) is 3.91. The minimum atomic E-state index is 0.484. The Hall–Kier alpha value is -0.690. The predicted molar refractivity (Wildman–Crippen MR) is 81.8 cm³/mol. The molecule has 0 saturated heterocycles. The molecule has 0 amide bonds. The fourth-order valence-corrected chi connectivity index (χ4v) is 3.48. The van der Waals surface area contributed by atoms with Gasteiger partial charge in [0, 0.05) is 4.90 Å². The highest BCUT2D eigenvalue weighted by molar-refractivity contribution is 8.02. The van der Waals surface area contributed by atoms with Crippen LogP contribution in [-0.4, -0.2) is 0 Å². The smallest absolute Gasteiger partial charge is 0.0116 e. The quantitative estimate of drug-likeness (QED) is 0.597. The molecule has 1 aromatic rings. The molecular weight excluding hydrogens is 236 g/mol. The Bertz CT molecular complexity index is 387. The van der Waals surface area contributed by atoms with Crippen molar-refractivity contribution in [1.82, 2.24) is 0 Å². The summed E-state index contributed by atoms with van der Waals surface area (Å²) in [5.41, 5.74) is 2.13. The van der Waals surface area contributed by atoms with Gasteiger partial charge in [-0.3, -0.25) is 0 Å². The lowest BCUT2D eigenvalue weighted by atomic mass is 9.71. The molecule has 1 aliphatic rings. The maximum absolute atomic E-state index is 2.38. The lowest BCUT2D eigenvalue weighted by Crippen LogP contribution is -2.23. The molecule has 1 saturated carbocycles. The molecular formula is C17H24S. The van der Waals surface area contributed by atoms with Crippen LogP contribution in [0.3, 0.4) is 0 Å². The highest BCUT2D eigenvalue weighted by Crippen LogP contribution is 2.40. The standard InChI is InChI=1S/C17H24S/c1-17(2,3)15-11-9-14(10-12-15)13-18-16-7-5-4-6-8-16/h4-8,13,15H,9-12H2,1-3H3. The first-order chi connectivity index (χ1) is 8.55. The minimum Gasteiger partial charge on any atom is -0.0981 e. The van der Waals surface area contributed by atoms with E-state index in [4.69, 9.17) is 0 Å². The van der Waals surface area contributed by atoms with Crippen LogP contribution in [0.5, 0.6) is 0 Å². The van der Waals surface area contributed by atoms with E-state index in [2.05, 4.69) is 56.5 Å². The highest BCUT2D eigenvalue weighted by atomic mass is 32.2. The minimum absolute atomic E-state index is 0.484. The van der Waals surface area contributed by atoms with Crippen LogP contribution in [0.15, 0.2) is 46.2 Å². The van der Waals surface area contributed by atoms with Crippen LogP contribution in [-0.2, 0) is 0 Å². The van der Waals surface area contributed by atoms with E-state index in [9.17, 15) is 0 Å². The van der Waals surface area contributed by atoms with Crippen molar-refractivity contribution < 1.29 is 0 Å². The van der Waals surface area contributed by atoms with Crippen LogP contribution in [0.2, 0.25) is 0 Å². The Morgan fingerprint density at radius 3 is 2.22 bits per heavy atom. The summed E-state index contributed by atoms with van der Waals surface area (Å²) >= 11 is 1.87. The monoisotopic (exact) mass is 260 g/mol. The van der Waals surface area contributed by atoms with Crippen molar-refractivity contribution in [3.05, 3.63) is 41.3 Å². The summed E-state index contributed by atoms with van der Waals surface area (Å²) in [4.78, 5) is 1.35. The lowest BCUT2D eigenvalue weighted by molar-refractivity contribution is 0.197. The number of rotatable bonds is 2. The normalized spacial score (nSPS) is 20.8. The van der Waals surface area contributed by atoms with E-state index in [1.807, 2.05) is 11.8 Å². The SMILES string of the molecule is CC(C)(C)C1CCC(=CSc2ccccc2)CC1. The van der Waals surface area contributed by atoms with Crippen molar-refractivity contribution in [3.63, 3.8) is 0 Å². The van der Waals surface area contributed by atoms with E-state index in [0.29, 0.717) is 5.41 Å². The van der Waals surface area contributed by atoms with E-state index in [1.54, 1.807) is 5.57 Å². The van der Waals surface area contributed by atoms with Gasteiger partial charge in [-0.2, -0.15) is 0 Å². The lowest BCUT2D eigenvalue weighted by Gasteiger charge is -2.34. The molecule has 2 rings (SSSR count). The van der Waals surface area contributed by atoms with E-state index in [0.717, 1.165) is 5.92 Å². The molecule has 98 valence electrons. The average Bonchev–Trinajstić information content (AvgIpc) is 2.37. The molecule has 0 N–H and O–H groups in total. The zero-order valence-electron chi connectivity index (χ0n) is 11.8. The summed E-state index contributed by atoms with van der Waals surface area (Å²) in [5, 5.41) is 2.38. The third-order valence-corrected chi connectivity index (χ3v) is 4.95. The number of thioether (sulfide) groups is 1. The summed E-state index contributed by atoms with van der Waals surface area (Å²) in [6, 6.07) is 10.7. The molecule has 1 aromatic carbocycles. The van der Waals surface area contributed by atoms with Gasteiger partial charge in [-0.05, 0) is 54.6 Å². The van der Waals surface area contributed by atoms with Gasteiger partial charge in [-0.15, -0.1) is 0 Å². The Kier molecular flexibility index (Phi) is 4.55. The molecule has 0 unspecified atom stereocenters. The third-order valence-electron chi connectivity index (χ3n) is 3.96. The maximum Gasteiger partial charge on any atom is 0.0116 e. The summed E-state index contributed by atoms with van der Waals surface area (Å²) in [7, 11) is 0. The van der Waals surface area contributed by atoms with Gasteiger partial charge in [-0.1, -0.05) is 56.3 Å². The molecule has 1 heteroatoms. The largest absolute Gasteiger partial charge is 0.0981 e. The molecule has 0 aliphatic heterocycles. The van der Waals surface area contributed by atoms with Gasteiger partial charge in [0.05, 0.1) is 0 Å². The van der Waals surface area contributed by atoms with Gasteiger partial charge >= 0.3 is 0 Å². The molecule has 1 fully saturated rings. The maximum atomic E-state index is 2.38. The van der Waals surface area contributed by atoms with Crippen LogP contribution in [0.4, 0.5) is 0 Å². The van der Waals surface area contributed by atoms with Gasteiger partial charge in [0.1, 0.15) is 0 Å². The molecule has 0 spiro atoms. The molecule has 18 heavy (non-hydrogen) atoms. The fraction of sp³-hybridized carbons (Fsp3) is 0.529. The highest BCUT2D eigenvalue weighted by Gasteiger charge is 2.27.